The van der Waals surface area contributed by atoms with Crippen LogP contribution < -0.4 is 0 Å². The van der Waals surface area contributed by atoms with Gasteiger partial charge in [-0.2, -0.15) is 0 Å². The molecule has 0 aromatic heterocycles. The fraction of sp³-hybridized carbons (Fsp3) is 0.231. The van der Waals surface area contributed by atoms with E-state index in [2.05, 4.69) is 144 Å². The third kappa shape index (κ3) is 29.5. The average molecular weight is 593 g/mol. The summed E-state index contributed by atoms with van der Waals surface area (Å²) >= 11 is 0. The van der Waals surface area contributed by atoms with Crippen molar-refractivity contribution in [3.63, 3.8) is 0 Å². The maximum absolute atomic E-state index is 7.50. The first-order valence-corrected chi connectivity index (χ1v) is 12.6. The zero-order valence-corrected chi connectivity index (χ0v) is 23.2. The summed E-state index contributed by atoms with van der Waals surface area (Å²) in [5.74, 6) is 0. The summed E-state index contributed by atoms with van der Waals surface area (Å²) < 4.78 is 45.0. The minimum absolute atomic E-state index is 0. The zero-order valence-electron chi connectivity index (χ0n) is 20.1. The first-order valence-electron chi connectivity index (χ1n) is 9.06. The van der Waals surface area contributed by atoms with E-state index in [1.54, 1.807) is 0 Å². The molecule has 0 spiro atoms. The summed E-state index contributed by atoms with van der Waals surface area (Å²) in [6, 6.07) is 24.9. The first-order chi connectivity index (χ1) is 16.5. The van der Waals surface area contributed by atoms with Crippen LogP contribution in [0, 0.1) is 51.5 Å². The van der Waals surface area contributed by atoms with Crippen LogP contribution in [-0.4, -0.2) is 13.0 Å². The van der Waals surface area contributed by atoms with E-state index in [9.17, 15) is 0 Å². The van der Waals surface area contributed by atoms with Crippen LogP contribution in [0.5, 0.6) is 0 Å². The van der Waals surface area contributed by atoms with Crippen LogP contribution in [0.1, 0.15) is 24.1 Å². The molecule has 36 heavy (non-hydrogen) atoms. The molecule has 1 atom stereocenters. The molecule has 7 nitrogen and oxygen atoms in total. The predicted octanol–water partition coefficient (Wildman–Crippen LogP) is 4.86. The van der Waals surface area contributed by atoms with Crippen molar-refractivity contribution < 1.29 is 61.5 Å². The second-order valence-electron chi connectivity index (χ2n) is 6.69. The van der Waals surface area contributed by atoms with E-state index < -0.39 is 8.07 Å². The molecule has 0 aliphatic carbocycles. The van der Waals surface area contributed by atoms with Crippen LogP contribution in [0.25, 0.3) is 0 Å². The number of hydrogen-bond acceptors (Lipinski definition) is 1. The smallest absolute Gasteiger partial charge is 0 e. The molecule has 0 unspecified atom stereocenters. The molecule has 0 amide bonds. The monoisotopic (exact) mass is 593 g/mol. The Morgan fingerprint density at radius 1 is 0.667 bits per heavy atom. The standard InChI is InChI=1S/C20H25NSi.6CO.2Co/c1-18(20-13-9-6-10-14-20)21(15-16-22(2,3)4)17-19-11-7-5-8-12-19;6*1-2;;/h5-14,18H,17H2,1-4H3;;;;;;;;/t18-;;;;;;;;/m0......../s1. The number of nitrogens with zero attached hydrogens (tertiary/aromatic N) is 1. The van der Waals surface area contributed by atoms with Gasteiger partial charge in [0.2, 0.25) is 0 Å². The molecular formula is C26H25Co2NO6Si. The largest absolute Gasteiger partial charge is 0 e. The van der Waals surface area contributed by atoms with E-state index in [1.165, 1.54) is 11.1 Å². The van der Waals surface area contributed by atoms with Crippen LogP contribution >= 0.6 is 0 Å². The molecule has 2 aromatic rings. The van der Waals surface area contributed by atoms with Gasteiger partial charge < -0.3 is 4.90 Å². The predicted molar refractivity (Wildman–Crippen MR) is 122 cm³/mol. The van der Waals surface area contributed by atoms with Gasteiger partial charge in [0.05, 0.1) is 12.6 Å². The quantitative estimate of drug-likeness (QED) is 0.162. The Bertz CT molecular complexity index is 863. The maximum atomic E-state index is 7.50. The van der Waals surface area contributed by atoms with Crippen molar-refractivity contribution in [2.75, 3.05) is 0 Å². The van der Waals surface area contributed by atoms with E-state index >= 15 is 0 Å². The molecule has 2 aromatic carbocycles. The van der Waals surface area contributed by atoms with Crippen LogP contribution in [0.4, 0.5) is 0 Å². The molecule has 10 heteroatoms. The molecule has 0 aliphatic rings. The van der Waals surface area contributed by atoms with Crippen molar-refractivity contribution in [2.45, 2.75) is 39.2 Å². The molecule has 0 fully saturated rings. The topological polar surface area (TPSA) is 123 Å². The molecule has 2 rings (SSSR count). The molecule has 0 heterocycles. The van der Waals surface area contributed by atoms with E-state index in [4.69, 9.17) is 27.9 Å². The van der Waals surface area contributed by atoms with Gasteiger partial charge in [-0.3, -0.25) is 0 Å². The Hall–Kier alpha value is -2.53. The van der Waals surface area contributed by atoms with Gasteiger partial charge in [-0.05, 0) is 18.1 Å². The van der Waals surface area contributed by atoms with Crippen molar-refractivity contribution in [3.05, 3.63) is 112 Å². The normalized spacial score (nSPS) is 7.78. The van der Waals surface area contributed by atoms with Crippen molar-refractivity contribution in [1.29, 1.82) is 0 Å². The molecule has 0 bridgehead atoms. The van der Waals surface area contributed by atoms with Crippen LogP contribution in [0.15, 0.2) is 60.7 Å². The third-order valence-corrected chi connectivity index (χ3v) is 4.38. The maximum Gasteiger partial charge on any atom is 0 e. The van der Waals surface area contributed by atoms with Crippen LogP contribution in [-0.2, 0) is 68.0 Å². The summed E-state index contributed by atoms with van der Waals surface area (Å²) in [6.07, 6.45) is 0. The van der Waals surface area contributed by atoms with E-state index in [0.29, 0.717) is 0 Å². The first kappa shape index (κ1) is 50.4. The Balaban J connectivity index is -0.000000106. The second-order valence-corrected chi connectivity index (χ2v) is 11.4. The van der Waals surface area contributed by atoms with Crippen LogP contribution in [0.2, 0.25) is 19.6 Å². The Kier molecular flexibility index (Phi) is 55.5. The number of hydrogen-bond donors (Lipinski definition) is 0. The third-order valence-electron chi connectivity index (χ3n) is 3.52. The van der Waals surface area contributed by atoms with Gasteiger partial charge in [-0.15, -0.1) is 5.54 Å². The number of rotatable bonds is 4. The van der Waals surface area contributed by atoms with Gasteiger partial charge in [0.15, 0.2) is 0 Å². The fourth-order valence-corrected chi connectivity index (χ4v) is 2.68. The molecule has 192 valence electrons. The molecule has 2 radical (unpaired) electrons. The van der Waals surface area contributed by atoms with Gasteiger partial charge in [0, 0.05) is 39.6 Å². The van der Waals surface area contributed by atoms with Crippen LogP contribution in [0.3, 0.4) is 0 Å². The minimum Gasteiger partial charge on any atom is 0 e. The van der Waals surface area contributed by atoms with Crippen molar-refractivity contribution >= 4 is 8.07 Å². The van der Waals surface area contributed by atoms with E-state index in [1.807, 2.05) is 0 Å². The fourth-order valence-electron chi connectivity index (χ4n) is 2.20. The van der Waals surface area contributed by atoms with Gasteiger partial charge in [-0.1, -0.05) is 80.3 Å². The van der Waals surface area contributed by atoms with Crippen molar-refractivity contribution in [2.24, 2.45) is 0 Å². The zero-order chi connectivity index (χ0) is 28.0. The van der Waals surface area contributed by atoms with E-state index in [-0.39, 0.29) is 39.6 Å². The Morgan fingerprint density at radius 3 is 1.33 bits per heavy atom. The summed E-state index contributed by atoms with van der Waals surface area (Å²) in [5.41, 5.74) is 6.12. The Labute approximate surface area is 236 Å². The van der Waals surface area contributed by atoms with Gasteiger partial charge >= 0.3 is 67.8 Å². The second kappa shape index (κ2) is 39.7. The van der Waals surface area contributed by atoms with Crippen molar-refractivity contribution in [1.82, 2.24) is 4.90 Å². The summed E-state index contributed by atoms with van der Waals surface area (Å²) in [5, 5.41) is 0. The summed E-state index contributed by atoms with van der Waals surface area (Å²) in [6.45, 7) is 36.9. The Morgan fingerprint density at radius 2 is 1.00 bits per heavy atom. The molecule has 0 aliphatic heterocycles. The van der Waals surface area contributed by atoms with Gasteiger partial charge in [0.25, 0.3) is 0 Å². The molecular weight excluding hydrogens is 568 g/mol. The van der Waals surface area contributed by atoms with Crippen molar-refractivity contribution in [3.8, 4) is 11.6 Å². The summed E-state index contributed by atoms with van der Waals surface area (Å²) in [4.78, 5) is 2.27. The van der Waals surface area contributed by atoms with Gasteiger partial charge in [0.1, 0.15) is 8.07 Å². The molecule has 0 N–H and O–H groups in total. The number of benzene rings is 2. The van der Waals surface area contributed by atoms with E-state index in [0.717, 1.165) is 6.54 Å². The summed E-state index contributed by atoms with van der Waals surface area (Å²) in [7, 11) is -1.39. The minimum atomic E-state index is -1.39. The average Bonchev–Trinajstić information content (AvgIpc) is 2.93. The van der Waals surface area contributed by atoms with Gasteiger partial charge in [-0.25, -0.2) is 0 Å². The molecule has 0 saturated carbocycles. The SMILES string of the molecule is C[C@@H](c1ccccc1)N(C#C[Si](C)(C)C)Cc1ccccc1.[C-]#[O+].[C-]#[O+].[C-]#[O+].[C-]#[O+].[C-]#[O+].[C-]#[O+].[Co].[Co]. The molecule has 0 saturated heterocycles.